The minimum Gasteiger partial charge on any atom is -0.477 e. The predicted octanol–water partition coefficient (Wildman–Crippen LogP) is 1.67. The van der Waals surface area contributed by atoms with Crippen LogP contribution in [0, 0.1) is 0 Å². The third-order valence-electron chi connectivity index (χ3n) is 1.43. The maximum absolute atomic E-state index is 10.7. The van der Waals surface area contributed by atoms with Gasteiger partial charge in [0.1, 0.15) is 4.88 Å². The number of carboxylic acids is 1. The van der Waals surface area contributed by atoms with Gasteiger partial charge in [-0.15, -0.1) is 11.3 Å². The van der Waals surface area contributed by atoms with Gasteiger partial charge in [0.25, 0.3) is 0 Å². The van der Waals surface area contributed by atoms with Crippen LogP contribution in [0.15, 0.2) is 11.4 Å². The second-order valence-electron chi connectivity index (χ2n) is 2.36. The summed E-state index contributed by atoms with van der Waals surface area (Å²) in [6.07, 6.45) is 0. The third-order valence-corrected chi connectivity index (χ3v) is 3.37. The van der Waals surface area contributed by atoms with Gasteiger partial charge in [0.05, 0.1) is 6.61 Å². The van der Waals surface area contributed by atoms with Gasteiger partial charge in [-0.05, 0) is 17.0 Å². The van der Waals surface area contributed by atoms with Crippen molar-refractivity contribution in [3.8, 4) is 0 Å². The van der Waals surface area contributed by atoms with Gasteiger partial charge in [-0.1, -0.05) is 0 Å². The molecule has 0 aromatic carbocycles. The zero-order valence-electron chi connectivity index (χ0n) is 6.90. The van der Waals surface area contributed by atoms with E-state index in [1.807, 2.05) is 6.07 Å². The number of hydrogen-bond acceptors (Lipinski definition) is 4. The highest BCUT2D eigenvalue weighted by molar-refractivity contribution is 7.98. The first kappa shape index (κ1) is 10.6. The highest BCUT2D eigenvalue weighted by Crippen LogP contribution is 2.21. The van der Waals surface area contributed by atoms with Crippen molar-refractivity contribution in [1.82, 2.24) is 0 Å². The maximum atomic E-state index is 10.7. The minimum absolute atomic E-state index is 0.136. The van der Waals surface area contributed by atoms with E-state index in [0.717, 1.165) is 5.56 Å². The molecular formula is C8H10O3S2. The van der Waals surface area contributed by atoms with Crippen molar-refractivity contribution in [2.45, 2.75) is 5.75 Å². The standard InChI is InChI=1S/C8H10O3S2/c9-2-4-12-5-6-1-3-13-7(6)8(10)11/h1,3,9H,2,4-5H2,(H,10,11). The average Bonchev–Trinajstić information content (AvgIpc) is 2.53. The van der Waals surface area contributed by atoms with Crippen molar-refractivity contribution in [2.75, 3.05) is 12.4 Å². The molecule has 0 radical (unpaired) electrons. The molecule has 0 saturated carbocycles. The van der Waals surface area contributed by atoms with Crippen LogP contribution < -0.4 is 0 Å². The highest BCUT2D eigenvalue weighted by atomic mass is 32.2. The van der Waals surface area contributed by atoms with Crippen LogP contribution in [0.2, 0.25) is 0 Å². The molecule has 13 heavy (non-hydrogen) atoms. The number of carboxylic acid groups (broad SMARTS) is 1. The summed E-state index contributed by atoms with van der Waals surface area (Å²) in [4.78, 5) is 11.1. The molecule has 5 heteroatoms. The van der Waals surface area contributed by atoms with Crippen molar-refractivity contribution < 1.29 is 15.0 Å². The van der Waals surface area contributed by atoms with E-state index in [4.69, 9.17) is 10.2 Å². The van der Waals surface area contributed by atoms with Gasteiger partial charge in [0.2, 0.25) is 0 Å². The van der Waals surface area contributed by atoms with Crippen LogP contribution >= 0.6 is 23.1 Å². The first-order chi connectivity index (χ1) is 6.25. The zero-order valence-corrected chi connectivity index (χ0v) is 8.53. The van der Waals surface area contributed by atoms with Crippen LogP contribution in [-0.2, 0) is 5.75 Å². The number of thiophene rings is 1. The summed E-state index contributed by atoms with van der Waals surface area (Å²) in [7, 11) is 0. The second-order valence-corrected chi connectivity index (χ2v) is 4.38. The third kappa shape index (κ3) is 3.02. The smallest absolute Gasteiger partial charge is 0.346 e. The molecule has 1 aromatic rings. The SMILES string of the molecule is O=C(O)c1sccc1CSCCO. The van der Waals surface area contributed by atoms with E-state index in [9.17, 15) is 4.79 Å². The van der Waals surface area contributed by atoms with Crippen LogP contribution in [0.4, 0.5) is 0 Å². The molecule has 72 valence electrons. The Morgan fingerprint density at radius 1 is 1.62 bits per heavy atom. The van der Waals surface area contributed by atoms with Crippen molar-refractivity contribution in [3.05, 3.63) is 21.9 Å². The molecule has 0 amide bonds. The summed E-state index contributed by atoms with van der Waals surface area (Å²) < 4.78 is 0. The van der Waals surface area contributed by atoms with Crippen molar-refractivity contribution in [1.29, 1.82) is 0 Å². The average molecular weight is 218 g/mol. The molecule has 0 saturated heterocycles. The first-order valence-electron chi connectivity index (χ1n) is 3.74. The minimum atomic E-state index is -0.866. The molecular weight excluding hydrogens is 208 g/mol. The van der Waals surface area contributed by atoms with Crippen molar-refractivity contribution in [3.63, 3.8) is 0 Å². The van der Waals surface area contributed by atoms with E-state index < -0.39 is 5.97 Å². The topological polar surface area (TPSA) is 57.5 Å². The summed E-state index contributed by atoms with van der Waals surface area (Å²) in [6, 6.07) is 1.82. The molecule has 0 spiro atoms. The van der Waals surface area contributed by atoms with Gasteiger partial charge in [-0.25, -0.2) is 4.79 Å². The molecule has 1 heterocycles. The van der Waals surface area contributed by atoms with Gasteiger partial charge in [-0.2, -0.15) is 11.8 Å². The Labute approximate surface area is 84.4 Å². The van der Waals surface area contributed by atoms with Crippen molar-refractivity contribution in [2.24, 2.45) is 0 Å². The van der Waals surface area contributed by atoms with E-state index in [0.29, 0.717) is 16.4 Å². The molecule has 1 rings (SSSR count). The van der Waals surface area contributed by atoms with Crippen LogP contribution in [0.3, 0.4) is 0 Å². The van der Waals surface area contributed by atoms with Crippen LogP contribution in [0.25, 0.3) is 0 Å². The monoisotopic (exact) mass is 218 g/mol. The van der Waals surface area contributed by atoms with E-state index in [1.54, 1.807) is 5.38 Å². The fourth-order valence-corrected chi connectivity index (χ4v) is 2.47. The van der Waals surface area contributed by atoms with Crippen molar-refractivity contribution >= 4 is 29.1 Å². The number of aliphatic hydroxyl groups excluding tert-OH is 1. The number of rotatable bonds is 5. The number of thioether (sulfide) groups is 1. The lowest BCUT2D eigenvalue weighted by atomic mass is 10.3. The number of aliphatic hydroxyl groups is 1. The first-order valence-corrected chi connectivity index (χ1v) is 5.77. The van der Waals surface area contributed by atoms with Gasteiger partial charge >= 0.3 is 5.97 Å². The van der Waals surface area contributed by atoms with Gasteiger partial charge in [0, 0.05) is 11.5 Å². The van der Waals surface area contributed by atoms with Crippen LogP contribution in [-0.4, -0.2) is 28.5 Å². The Morgan fingerprint density at radius 3 is 3.00 bits per heavy atom. The van der Waals surface area contributed by atoms with E-state index in [1.165, 1.54) is 23.1 Å². The molecule has 0 fully saturated rings. The maximum Gasteiger partial charge on any atom is 0.346 e. The van der Waals surface area contributed by atoms with E-state index >= 15 is 0 Å². The summed E-state index contributed by atoms with van der Waals surface area (Å²) in [6.45, 7) is 0.136. The molecule has 0 aliphatic rings. The second kappa shape index (κ2) is 5.26. The highest BCUT2D eigenvalue weighted by Gasteiger charge is 2.10. The molecule has 0 unspecified atom stereocenters. The Bertz CT molecular complexity index is 283. The summed E-state index contributed by atoms with van der Waals surface area (Å²) in [5, 5.41) is 19.1. The van der Waals surface area contributed by atoms with Gasteiger partial charge < -0.3 is 10.2 Å². The Balaban J connectivity index is 2.55. The van der Waals surface area contributed by atoms with Crippen LogP contribution in [0.1, 0.15) is 15.2 Å². The predicted molar refractivity (Wildman–Crippen MR) is 54.5 cm³/mol. The van der Waals surface area contributed by atoms with Crippen LogP contribution in [0.5, 0.6) is 0 Å². The quantitative estimate of drug-likeness (QED) is 0.738. The normalized spacial score (nSPS) is 10.2. The molecule has 0 aliphatic heterocycles. The number of hydrogen-bond donors (Lipinski definition) is 2. The summed E-state index contributed by atoms with van der Waals surface area (Å²) >= 11 is 2.78. The summed E-state index contributed by atoms with van der Waals surface area (Å²) in [5.74, 6) is 0.440. The molecule has 0 bridgehead atoms. The molecule has 2 N–H and O–H groups in total. The van der Waals surface area contributed by atoms with Gasteiger partial charge in [-0.3, -0.25) is 0 Å². The lowest BCUT2D eigenvalue weighted by Gasteiger charge is -1.98. The fourth-order valence-electron chi connectivity index (χ4n) is 0.884. The number of carbonyl (C=O) groups is 1. The Morgan fingerprint density at radius 2 is 2.38 bits per heavy atom. The lowest BCUT2D eigenvalue weighted by Crippen LogP contribution is -1.97. The largest absolute Gasteiger partial charge is 0.477 e. The van der Waals surface area contributed by atoms with Gasteiger partial charge in [0.15, 0.2) is 0 Å². The lowest BCUT2D eigenvalue weighted by molar-refractivity contribution is 0.0701. The Hall–Kier alpha value is -0.520. The molecule has 0 atom stereocenters. The molecule has 3 nitrogen and oxygen atoms in total. The zero-order chi connectivity index (χ0) is 9.68. The number of aromatic carboxylic acids is 1. The molecule has 0 aliphatic carbocycles. The summed E-state index contributed by atoms with van der Waals surface area (Å²) in [5.41, 5.74) is 0.843. The van der Waals surface area contributed by atoms with E-state index in [-0.39, 0.29) is 6.61 Å². The fraction of sp³-hybridized carbons (Fsp3) is 0.375. The van der Waals surface area contributed by atoms with E-state index in [2.05, 4.69) is 0 Å². The Kier molecular flexibility index (Phi) is 4.27. The molecule has 1 aromatic heterocycles.